The van der Waals surface area contributed by atoms with Crippen LogP contribution in [0.2, 0.25) is 0 Å². The lowest BCUT2D eigenvalue weighted by molar-refractivity contribution is 0.684. The van der Waals surface area contributed by atoms with Gasteiger partial charge in [-0.3, -0.25) is 0 Å². The highest BCUT2D eigenvalue weighted by Gasteiger charge is 2.00. The average Bonchev–Trinajstić information content (AvgIpc) is 2.73. The summed E-state index contributed by atoms with van der Waals surface area (Å²) in [5, 5.41) is 0. The van der Waals surface area contributed by atoms with Crippen LogP contribution in [0, 0.1) is 6.92 Å². The largest absolute Gasteiger partial charge is 0.350 e. The second-order valence-electron chi connectivity index (χ2n) is 3.84. The number of nitrogens with zero attached hydrogens (tertiary/aromatic N) is 2. The van der Waals surface area contributed by atoms with Crippen molar-refractivity contribution in [1.82, 2.24) is 4.57 Å². The molecule has 4 heteroatoms. The fourth-order valence-corrected chi connectivity index (χ4v) is 2.12. The molecule has 0 aliphatic heterocycles. The summed E-state index contributed by atoms with van der Waals surface area (Å²) in [5.41, 5.74) is 2.09. The lowest BCUT2D eigenvalue weighted by Crippen LogP contribution is -1.94. The zero-order chi connectivity index (χ0) is 12.3. The topological polar surface area (TPSA) is 34.4 Å². The SMILES string of the molecule is Cc1ccc([S@](=O)/N=C/c2cccn2C)cc1. The van der Waals surface area contributed by atoms with Crippen LogP contribution >= 0.6 is 0 Å². The lowest BCUT2D eigenvalue weighted by Gasteiger charge is -1.98. The summed E-state index contributed by atoms with van der Waals surface area (Å²) in [6.07, 6.45) is 3.56. The van der Waals surface area contributed by atoms with Crippen LogP contribution in [0.1, 0.15) is 11.3 Å². The molecular weight excluding hydrogens is 232 g/mol. The minimum absolute atomic E-state index is 0.723. The van der Waals surface area contributed by atoms with Gasteiger partial charge in [-0.05, 0) is 31.2 Å². The van der Waals surface area contributed by atoms with E-state index < -0.39 is 11.0 Å². The summed E-state index contributed by atoms with van der Waals surface area (Å²) in [4.78, 5) is 0.723. The number of benzene rings is 1. The second kappa shape index (κ2) is 5.10. The van der Waals surface area contributed by atoms with Gasteiger partial charge in [-0.2, -0.15) is 4.40 Å². The van der Waals surface area contributed by atoms with Gasteiger partial charge in [0.1, 0.15) is 0 Å². The van der Waals surface area contributed by atoms with E-state index in [0.717, 1.165) is 16.2 Å². The molecule has 1 aromatic carbocycles. The molecule has 0 aliphatic carbocycles. The smallest absolute Gasteiger partial charge is 0.172 e. The third kappa shape index (κ3) is 2.91. The molecule has 2 rings (SSSR count). The van der Waals surface area contributed by atoms with Gasteiger partial charge >= 0.3 is 0 Å². The van der Waals surface area contributed by atoms with E-state index in [1.54, 1.807) is 6.21 Å². The fraction of sp³-hybridized carbons (Fsp3) is 0.154. The monoisotopic (exact) mass is 246 g/mol. The van der Waals surface area contributed by atoms with E-state index in [9.17, 15) is 4.21 Å². The number of hydrogen-bond acceptors (Lipinski definition) is 1. The van der Waals surface area contributed by atoms with Crippen molar-refractivity contribution >= 4 is 17.2 Å². The van der Waals surface area contributed by atoms with E-state index in [1.807, 2.05) is 61.1 Å². The Kier molecular flexibility index (Phi) is 3.54. The fourth-order valence-electron chi connectivity index (χ4n) is 1.43. The number of aromatic nitrogens is 1. The molecular formula is C13H14N2OS. The highest BCUT2D eigenvalue weighted by molar-refractivity contribution is 7.83. The number of rotatable bonds is 3. The van der Waals surface area contributed by atoms with Crippen molar-refractivity contribution in [3.63, 3.8) is 0 Å². The summed E-state index contributed by atoms with van der Waals surface area (Å²) in [5.74, 6) is 0. The first-order valence-corrected chi connectivity index (χ1v) is 6.41. The summed E-state index contributed by atoms with van der Waals surface area (Å²) < 4.78 is 17.8. The lowest BCUT2D eigenvalue weighted by atomic mass is 10.2. The van der Waals surface area contributed by atoms with E-state index in [1.165, 1.54) is 0 Å². The molecule has 3 nitrogen and oxygen atoms in total. The van der Waals surface area contributed by atoms with Gasteiger partial charge in [0, 0.05) is 13.2 Å². The summed E-state index contributed by atoms with van der Waals surface area (Å²) in [7, 11) is 0.598. The van der Waals surface area contributed by atoms with Gasteiger partial charge in [0.05, 0.1) is 16.8 Å². The van der Waals surface area contributed by atoms with E-state index >= 15 is 0 Å². The Morgan fingerprint density at radius 1 is 1.24 bits per heavy atom. The second-order valence-corrected chi connectivity index (χ2v) is 5.02. The Bertz CT molecular complexity index is 555. The Labute approximate surface area is 103 Å². The predicted molar refractivity (Wildman–Crippen MR) is 70.6 cm³/mol. The van der Waals surface area contributed by atoms with Gasteiger partial charge in [-0.1, -0.05) is 17.7 Å². The van der Waals surface area contributed by atoms with Crippen LogP contribution in [0.3, 0.4) is 0 Å². The van der Waals surface area contributed by atoms with Crippen molar-refractivity contribution in [3.05, 3.63) is 53.9 Å². The van der Waals surface area contributed by atoms with Crippen molar-refractivity contribution in [2.24, 2.45) is 11.4 Å². The summed E-state index contributed by atoms with van der Waals surface area (Å²) >= 11 is 0. The molecule has 0 amide bonds. The molecule has 88 valence electrons. The predicted octanol–water partition coefficient (Wildman–Crippen LogP) is 2.48. The molecule has 0 radical (unpaired) electrons. The first-order valence-electron chi connectivity index (χ1n) is 5.31. The van der Waals surface area contributed by atoms with Gasteiger partial charge in [-0.25, -0.2) is 4.21 Å². The normalized spacial score (nSPS) is 13.1. The molecule has 0 saturated heterocycles. The van der Waals surface area contributed by atoms with Crippen LogP contribution < -0.4 is 0 Å². The van der Waals surface area contributed by atoms with Crippen LogP contribution in [0.5, 0.6) is 0 Å². The zero-order valence-corrected chi connectivity index (χ0v) is 10.6. The van der Waals surface area contributed by atoms with Gasteiger partial charge in [0.25, 0.3) is 0 Å². The van der Waals surface area contributed by atoms with E-state index in [4.69, 9.17) is 0 Å². The van der Waals surface area contributed by atoms with Crippen LogP contribution in [-0.2, 0) is 18.0 Å². The summed E-state index contributed by atoms with van der Waals surface area (Å²) in [6.45, 7) is 2.00. The number of aryl methyl sites for hydroxylation is 2. The Morgan fingerprint density at radius 3 is 2.53 bits per heavy atom. The first kappa shape index (κ1) is 11.8. The maximum Gasteiger partial charge on any atom is 0.172 e. The Morgan fingerprint density at radius 2 is 1.94 bits per heavy atom. The molecule has 0 fully saturated rings. The highest BCUT2D eigenvalue weighted by Crippen LogP contribution is 2.09. The van der Waals surface area contributed by atoms with Crippen LogP contribution in [0.25, 0.3) is 0 Å². The molecule has 1 atom stereocenters. The third-order valence-electron chi connectivity index (χ3n) is 2.49. The molecule has 0 aliphatic rings. The molecule has 1 heterocycles. The maximum absolute atomic E-state index is 11.9. The van der Waals surface area contributed by atoms with E-state index in [2.05, 4.69) is 4.40 Å². The van der Waals surface area contributed by atoms with E-state index in [0.29, 0.717) is 0 Å². The van der Waals surface area contributed by atoms with Gasteiger partial charge in [0.2, 0.25) is 0 Å². The van der Waals surface area contributed by atoms with Crippen molar-refractivity contribution in [3.8, 4) is 0 Å². The maximum atomic E-state index is 11.9. The van der Waals surface area contributed by atoms with E-state index in [-0.39, 0.29) is 0 Å². The first-order chi connectivity index (χ1) is 8.16. The van der Waals surface area contributed by atoms with Crippen molar-refractivity contribution in [1.29, 1.82) is 0 Å². The molecule has 0 unspecified atom stereocenters. The van der Waals surface area contributed by atoms with Gasteiger partial charge in [-0.15, -0.1) is 0 Å². The molecule has 0 saturated carbocycles. The molecule has 0 spiro atoms. The van der Waals surface area contributed by atoms with Crippen molar-refractivity contribution in [2.75, 3.05) is 0 Å². The molecule has 0 bridgehead atoms. The third-order valence-corrected chi connectivity index (χ3v) is 3.46. The minimum Gasteiger partial charge on any atom is -0.350 e. The minimum atomic E-state index is -1.33. The molecule has 2 aromatic rings. The molecule has 1 aromatic heterocycles. The standard InChI is InChI=1S/C13H14N2OS/c1-11-5-7-13(8-6-11)17(16)14-10-12-4-3-9-15(12)2/h3-10H,1-2H3/b14-10+/t17-/m0/s1. The Hall–Kier alpha value is -1.68. The van der Waals surface area contributed by atoms with Crippen LogP contribution in [0.15, 0.2) is 51.9 Å². The zero-order valence-electron chi connectivity index (χ0n) is 9.83. The van der Waals surface area contributed by atoms with Crippen molar-refractivity contribution in [2.45, 2.75) is 11.8 Å². The van der Waals surface area contributed by atoms with Crippen LogP contribution in [0.4, 0.5) is 0 Å². The molecule has 0 N–H and O–H groups in total. The Balaban J connectivity index is 2.14. The quantitative estimate of drug-likeness (QED) is 0.766. The van der Waals surface area contributed by atoms with Crippen molar-refractivity contribution < 1.29 is 4.21 Å². The summed E-state index contributed by atoms with van der Waals surface area (Å²) in [6, 6.07) is 11.4. The molecule has 17 heavy (non-hydrogen) atoms. The average molecular weight is 246 g/mol. The number of hydrogen-bond donors (Lipinski definition) is 0. The van der Waals surface area contributed by atoms with Gasteiger partial charge < -0.3 is 4.57 Å². The highest BCUT2D eigenvalue weighted by atomic mass is 32.2. The van der Waals surface area contributed by atoms with Gasteiger partial charge in [0.15, 0.2) is 11.0 Å². The van der Waals surface area contributed by atoms with Crippen LogP contribution in [-0.4, -0.2) is 15.0 Å².